The maximum atomic E-state index is 14.1. The molecule has 0 aliphatic carbocycles. The van der Waals surface area contributed by atoms with Gasteiger partial charge in [-0.05, 0) is 63.8 Å². The number of ether oxygens (including phenoxy) is 3. The Hall–Kier alpha value is -4.12. The van der Waals surface area contributed by atoms with Crippen LogP contribution in [0, 0.1) is 0 Å². The van der Waals surface area contributed by atoms with Gasteiger partial charge in [0.15, 0.2) is 6.23 Å². The van der Waals surface area contributed by atoms with Crippen LogP contribution in [-0.4, -0.2) is 58.7 Å². The molecule has 0 saturated carbocycles. The number of amides is 3. The van der Waals surface area contributed by atoms with Gasteiger partial charge in [0.05, 0.1) is 5.69 Å². The van der Waals surface area contributed by atoms with Gasteiger partial charge in [-0.25, -0.2) is 14.4 Å². The zero-order chi connectivity index (χ0) is 28.6. The summed E-state index contributed by atoms with van der Waals surface area (Å²) in [5.74, 6) is -0.703. The summed E-state index contributed by atoms with van der Waals surface area (Å²) in [4.78, 5) is 54.3. The number of unbranched alkanes of at least 4 members (excludes halogenated alkanes) is 1. The number of benzene rings is 2. The van der Waals surface area contributed by atoms with Crippen LogP contribution in [0.2, 0.25) is 0 Å². The highest BCUT2D eigenvalue weighted by Gasteiger charge is 2.45. The van der Waals surface area contributed by atoms with Crippen LogP contribution in [0.15, 0.2) is 54.6 Å². The van der Waals surface area contributed by atoms with Gasteiger partial charge in [0.1, 0.15) is 18.2 Å². The van der Waals surface area contributed by atoms with Gasteiger partial charge < -0.3 is 25.1 Å². The summed E-state index contributed by atoms with van der Waals surface area (Å²) in [6.07, 6.45) is -3.77. The lowest BCUT2D eigenvalue weighted by Gasteiger charge is -2.34. The Bertz CT molecular complexity index is 1160. The Morgan fingerprint density at radius 3 is 2.33 bits per heavy atom. The van der Waals surface area contributed by atoms with Crippen molar-refractivity contribution < 1.29 is 38.5 Å². The Balaban J connectivity index is 2.00. The van der Waals surface area contributed by atoms with Crippen LogP contribution in [0.4, 0.5) is 20.1 Å². The summed E-state index contributed by atoms with van der Waals surface area (Å²) in [5, 5.41) is 9.32. The molecule has 11 nitrogen and oxygen atoms in total. The third-order valence-corrected chi connectivity index (χ3v) is 5.93. The number of nitrogens with zero attached hydrogens (tertiary/aromatic N) is 2. The van der Waals surface area contributed by atoms with Crippen molar-refractivity contribution in [2.45, 2.75) is 70.9 Å². The van der Waals surface area contributed by atoms with Gasteiger partial charge >= 0.3 is 18.3 Å². The summed E-state index contributed by atoms with van der Waals surface area (Å²) in [6.45, 7) is 5.11. The molecule has 39 heavy (non-hydrogen) atoms. The number of para-hydroxylation sites is 1. The maximum Gasteiger partial charge on any atom is 0.507 e. The summed E-state index contributed by atoms with van der Waals surface area (Å²) >= 11 is 0. The Morgan fingerprint density at radius 1 is 1.03 bits per heavy atom. The second kappa shape index (κ2) is 13.1. The predicted molar refractivity (Wildman–Crippen MR) is 142 cm³/mol. The number of carbonyl (C=O) groups excluding carboxylic acids is 3. The van der Waals surface area contributed by atoms with E-state index in [1.165, 1.54) is 4.90 Å². The van der Waals surface area contributed by atoms with Gasteiger partial charge in [0.2, 0.25) is 0 Å². The highest BCUT2D eigenvalue weighted by molar-refractivity contribution is 6.04. The molecule has 1 heterocycles. The Kier molecular flexibility index (Phi) is 9.89. The number of nitrogens with two attached hydrogens (primary N) is 1. The van der Waals surface area contributed by atoms with Crippen LogP contribution in [-0.2, 0) is 32.0 Å². The largest absolute Gasteiger partial charge is 0.507 e. The van der Waals surface area contributed by atoms with Gasteiger partial charge in [-0.3, -0.25) is 9.69 Å². The van der Waals surface area contributed by atoms with Crippen LogP contribution in [0.3, 0.4) is 0 Å². The van der Waals surface area contributed by atoms with Crippen molar-refractivity contribution in [3.8, 4) is 0 Å². The van der Waals surface area contributed by atoms with E-state index in [4.69, 9.17) is 19.9 Å². The quantitative estimate of drug-likeness (QED) is 0.262. The van der Waals surface area contributed by atoms with Crippen molar-refractivity contribution >= 4 is 29.9 Å². The third-order valence-electron chi connectivity index (χ3n) is 5.93. The van der Waals surface area contributed by atoms with E-state index in [0.29, 0.717) is 41.1 Å². The number of imide groups is 1. The minimum absolute atomic E-state index is 0.0498. The minimum Gasteiger partial charge on any atom is -0.450 e. The lowest BCUT2D eigenvalue weighted by molar-refractivity contribution is -0.125. The lowest BCUT2D eigenvalue weighted by Crippen LogP contribution is -2.56. The molecule has 0 spiro atoms. The normalized spacial score (nSPS) is 15.2. The molecule has 2 aromatic rings. The molecule has 0 aromatic heterocycles. The van der Waals surface area contributed by atoms with Crippen LogP contribution >= 0.6 is 0 Å². The first-order valence-corrected chi connectivity index (χ1v) is 12.8. The van der Waals surface area contributed by atoms with Crippen molar-refractivity contribution in [3.63, 3.8) is 0 Å². The number of rotatable bonds is 9. The fourth-order valence-electron chi connectivity index (χ4n) is 4.26. The molecule has 3 rings (SSSR count). The Morgan fingerprint density at radius 2 is 1.69 bits per heavy atom. The van der Waals surface area contributed by atoms with E-state index in [2.05, 4.69) is 0 Å². The summed E-state index contributed by atoms with van der Waals surface area (Å²) in [6, 6.07) is 14.4. The first-order chi connectivity index (χ1) is 18.5. The van der Waals surface area contributed by atoms with E-state index in [1.807, 2.05) is 6.07 Å². The van der Waals surface area contributed by atoms with Crippen LogP contribution < -0.4 is 10.6 Å². The number of hydrogen-bond acceptors (Lipinski definition) is 8. The average Bonchev–Trinajstić information content (AvgIpc) is 3.23. The first kappa shape index (κ1) is 29.4. The van der Waals surface area contributed by atoms with Crippen LogP contribution in [0.5, 0.6) is 0 Å². The molecule has 2 atom stereocenters. The number of hydrogen-bond donors (Lipinski definition) is 2. The van der Waals surface area contributed by atoms with Crippen LogP contribution in [0.1, 0.15) is 51.2 Å². The van der Waals surface area contributed by atoms with Crippen molar-refractivity contribution in [3.05, 3.63) is 65.7 Å². The second-order valence-corrected chi connectivity index (χ2v) is 10.1. The average molecular weight is 542 g/mol. The third kappa shape index (κ3) is 7.93. The number of carboxylic acid groups (broad SMARTS) is 1. The molecule has 0 bridgehead atoms. The molecule has 11 heteroatoms. The number of anilines is 1. The Labute approximate surface area is 227 Å². The highest BCUT2D eigenvalue weighted by atomic mass is 16.7. The topological polar surface area (TPSA) is 149 Å². The van der Waals surface area contributed by atoms with Gasteiger partial charge in [-0.2, -0.15) is 4.90 Å². The molecule has 3 amide bonds. The lowest BCUT2D eigenvalue weighted by atomic mass is 10.1. The van der Waals surface area contributed by atoms with E-state index in [-0.39, 0.29) is 19.4 Å². The monoisotopic (exact) mass is 541 g/mol. The molecule has 0 radical (unpaired) electrons. The molecule has 0 fully saturated rings. The maximum absolute atomic E-state index is 14.1. The molecule has 210 valence electrons. The number of fused-ring (bicyclic) bond motifs is 1. The van der Waals surface area contributed by atoms with Crippen LogP contribution in [0.25, 0.3) is 0 Å². The number of carbonyl (C=O) groups is 4. The van der Waals surface area contributed by atoms with Crippen molar-refractivity contribution in [1.82, 2.24) is 4.90 Å². The molecular weight excluding hydrogens is 506 g/mol. The van der Waals surface area contributed by atoms with E-state index < -0.39 is 42.1 Å². The molecule has 3 N–H and O–H groups in total. The van der Waals surface area contributed by atoms with Crippen molar-refractivity contribution in [1.29, 1.82) is 0 Å². The fourth-order valence-corrected chi connectivity index (χ4v) is 4.26. The molecule has 1 aliphatic rings. The second-order valence-electron chi connectivity index (χ2n) is 10.1. The molecule has 2 aromatic carbocycles. The van der Waals surface area contributed by atoms with E-state index in [9.17, 15) is 24.3 Å². The molecular formula is C28H35N3O8. The molecule has 1 aliphatic heterocycles. The summed E-state index contributed by atoms with van der Waals surface area (Å²) in [5.41, 5.74) is 6.49. The predicted octanol–water partition coefficient (Wildman–Crippen LogP) is 4.67. The smallest absolute Gasteiger partial charge is 0.450 e. The summed E-state index contributed by atoms with van der Waals surface area (Å²) < 4.78 is 16.0. The van der Waals surface area contributed by atoms with Crippen molar-refractivity contribution in [2.75, 3.05) is 11.4 Å². The van der Waals surface area contributed by atoms with E-state index >= 15 is 0 Å². The molecule has 0 unspecified atom stereocenters. The summed E-state index contributed by atoms with van der Waals surface area (Å²) in [7, 11) is 0. The highest BCUT2D eigenvalue weighted by Crippen LogP contribution is 2.34. The standard InChI is InChI=1S/C28H35N3O8/c1-28(2,3)39-26(34)31(25(33)37-18-19-11-5-4-6-12-19)22(15-9-10-16-29)24(32)30-21-14-8-7-13-20(21)17-23(30)38-27(35)36/h4-8,11-14,22-23H,9-10,15-18,29H2,1-3H3,(H,35,36)/t22-,23-/m0/s1. The van der Waals surface area contributed by atoms with Gasteiger partial charge in [0, 0.05) is 6.42 Å². The SMILES string of the molecule is CC(C)(C)OC(=O)N(C(=O)OCc1ccccc1)[C@@H](CCCCN)C(=O)N1c2ccccc2C[C@@H]1OC(=O)O. The van der Waals surface area contributed by atoms with Gasteiger partial charge in [-0.1, -0.05) is 48.5 Å². The van der Waals surface area contributed by atoms with Crippen molar-refractivity contribution in [2.24, 2.45) is 5.73 Å². The first-order valence-electron chi connectivity index (χ1n) is 12.8. The molecule has 0 saturated heterocycles. The zero-order valence-electron chi connectivity index (χ0n) is 22.4. The van der Waals surface area contributed by atoms with E-state index in [0.717, 1.165) is 0 Å². The van der Waals surface area contributed by atoms with Gasteiger partial charge in [0.25, 0.3) is 5.91 Å². The minimum atomic E-state index is -1.56. The van der Waals surface area contributed by atoms with E-state index in [1.54, 1.807) is 69.3 Å². The fraction of sp³-hybridized carbons (Fsp3) is 0.429. The van der Waals surface area contributed by atoms with Gasteiger partial charge in [-0.15, -0.1) is 0 Å². The zero-order valence-corrected chi connectivity index (χ0v) is 22.4.